The molecule has 7 nitrogen and oxygen atoms in total. The summed E-state index contributed by atoms with van der Waals surface area (Å²) in [6.07, 6.45) is 1.13. The van der Waals surface area contributed by atoms with Gasteiger partial charge < -0.3 is 9.84 Å². The highest BCUT2D eigenvalue weighted by Crippen LogP contribution is 2.35. The van der Waals surface area contributed by atoms with Crippen molar-refractivity contribution in [3.8, 4) is 23.6 Å². The van der Waals surface area contributed by atoms with Crippen molar-refractivity contribution in [3.63, 3.8) is 0 Å². The number of nitro groups is 1. The molecule has 0 heterocycles. The molecule has 0 bridgehead atoms. The molecule has 1 aromatic carbocycles. The van der Waals surface area contributed by atoms with Crippen molar-refractivity contribution in [1.82, 2.24) is 0 Å². The average molecular weight is 244 g/mol. The Hall–Kier alpha value is -3.06. The van der Waals surface area contributed by atoms with Crippen LogP contribution in [0, 0.1) is 32.8 Å². The van der Waals surface area contributed by atoms with Crippen LogP contribution in [0.1, 0.15) is 5.56 Å². The van der Waals surface area contributed by atoms with E-state index in [2.05, 4.69) is 0 Å². The van der Waals surface area contributed by atoms with Crippen molar-refractivity contribution in [3.05, 3.63) is 33.4 Å². The molecule has 0 N–H and O–H groups in total. The van der Waals surface area contributed by atoms with Gasteiger partial charge in [0.1, 0.15) is 23.5 Å². The Bertz CT molecular complexity index is 592. The summed E-state index contributed by atoms with van der Waals surface area (Å²) < 4.78 is 4.71. The Morgan fingerprint density at radius 2 is 2.06 bits per heavy atom. The maximum absolute atomic E-state index is 11.5. The van der Waals surface area contributed by atoms with Crippen LogP contribution in [0.5, 0.6) is 11.5 Å². The van der Waals surface area contributed by atoms with Crippen LogP contribution in [0.4, 0.5) is 5.69 Å². The number of rotatable bonds is 3. The second kappa shape index (κ2) is 5.32. The average Bonchev–Trinajstić information content (AvgIpc) is 2.36. The number of benzene rings is 1. The van der Waals surface area contributed by atoms with Gasteiger partial charge in [-0.2, -0.15) is 10.5 Å². The van der Waals surface area contributed by atoms with Crippen molar-refractivity contribution in [2.45, 2.75) is 0 Å². The van der Waals surface area contributed by atoms with Crippen molar-refractivity contribution in [2.24, 2.45) is 0 Å². The van der Waals surface area contributed by atoms with Gasteiger partial charge in [-0.15, -0.1) is 0 Å². The number of ether oxygens (including phenoxy) is 1. The minimum absolute atomic E-state index is 0.177. The first-order chi connectivity index (χ1) is 8.53. The molecule has 0 aliphatic carbocycles. The van der Waals surface area contributed by atoms with Gasteiger partial charge in [0.05, 0.1) is 12.0 Å². The maximum atomic E-state index is 11.5. The zero-order chi connectivity index (χ0) is 13.7. The molecule has 0 fully saturated rings. The van der Waals surface area contributed by atoms with E-state index >= 15 is 0 Å². The molecule has 0 unspecified atom stereocenters. The first-order valence-corrected chi connectivity index (χ1v) is 4.58. The Morgan fingerprint density at radius 1 is 1.44 bits per heavy atom. The molecule has 1 aromatic rings. The van der Waals surface area contributed by atoms with Crippen LogP contribution in [0.2, 0.25) is 0 Å². The SMILES string of the molecule is COc1cc(C=C(C#N)C#N)cc([N+](=O)[O-])c1[O-]. The third kappa shape index (κ3) is 2.54. The monoisotopic (exact) mass is 244 g/mol. The third-order valence-electron chi connectivity index (χ3n) is 2.03. The summed E-state index contributed by atoms with van der Waals surface area (Å²) >= 11 is 0. The van der Waals surface area contributed by atoms with Gasteiger partial charge in [0, 0.05) is 11.8 Å². The van der Waals surface area contributed by atoms with Crippen LogP contribution < -0.4 is 9.84 Å². The van der Waals surface area contributed by atoms with E-state index in [9.17, 15) is 15.2 Å². The molecule has 0 amide bonds. The van der Waals surface area contributed by atoms with Crippen LogP contribution >= 0.6 is 0 Å². The van der Waals surface area contributed by atoms with Gasteiger partial charge in [-0.05, 0) is 17.7 Å². The van der Waals surface area contributed by atoms with Gasteiger partial charge in [0.15, 0.2) is 0 Å². The summed E-state index contributed by atoms with van der Waals surface area (Å²) in [6.45, 7) is 0. The molecule has 7 heteroatoms. The molecule has 1 rings (SSSR count). The Balaban J connectivity index is 3.46. The minimum Gasteiger partial charge on any atom is -0.865 e. The Labute approximate surface area is 102 Å². The van der Waals surface area contributed by atoms with E-state index in [-0.39, 0.29) is 16.9 Å². The highest BCUT2D eigenvalue weighted by Gasteiger charge is 2.13. The maximum Gasteiger partial charge on any atom is 0.266 e. The lowest BCUT2D eigenvalue weighted by Crippen LogP contribution is -2.01. The van der Waals surface area contributed by atoms with Gasteiger partial charge in [-0.3, -0.25) is 10.1 Å². The van der Waals surface area contributed by atoms with Crippen molar-refractivity contribution in [2.75, 3.05) is 7.11 Å². The minimum atomic E-state index is -0.852. The molecule has 0 radical (unpaired) electrons. The van der Waals surface area contributed by atoms with E-state index in [1.54, 1.807) is 12.1 Å². The molecule has 0 saturated carbocycles. The smallest absolute Gasteiger partial charge is 0.266 e. The second-order valence-corrected chi connectivity index (χ2v) is 3.11. The van der Waals surface area contributed by atoms with E-state index in [4.69, 9.17) is 15.3 Å². The lowest BCUT2D eigenvalue weighted by Gasteiger charge is -2.13. The fourth-order valence-corrected chi connectivity index (χ4v) is 1.24. The van der Waals surface area contributed by atoms with Crippen molar-refractivity contribution in [1.29, 1.82) is 10.5 Å². The number of nitro benzene ring substituents is 1. The van der Waals surface area contributed by atoms with Crippen molar-refractivity contribution >= 4 is 11.8 Å². The number of nitrogens with zero attached hydrogens (tertiary/aromatic N) is 3. The van der Waals surface area contributed by atoms with E-state index < -0.39 is 16.4 Å². The zero-order valence-corrected chi connectivity index (χ0v) is 9.21. The van der Waals surface area contributed by atoms with Gasteiger partial charge in [-0.1, -0.05) is 0 Å². The first kappa shape index (κ1) is 13.0. The molecular formula is C11H6N3O4-. The lowest BCUT2D eigenvalue weighted by atomic mass is 10.1. The van der Waals surface area contributed by atoms with Gasteiger partial charge in [-0.25, -0.2) is 0 Å². The predicted molar refractivity (Wildman–Crippen MR) is 58.3 cm³/mol. The molecule has 18 heavy (non-hydrogen) atoms. The predicted octanol–water partition coefficient (Wildman–Crippen LogP) is 1.11. The van der Waals surface area contributed by atoms with Crippen LogP contribution in [0.15, 0.2) is 17.7 Å². The number of nitriles is 2. The summed E-state index contributed by atoms with van der Waals surface area (Å²) in [4.78, 5) is 9.82. The van der Waals surface area contributed by atoms with Gasteiger partial charge in [0.2, 0.25) is 0 Å². The van der Waals surface area contributed by atoms with Gasteiger partial charge >= 0.3 is 0 Å². The molecule has 0 spiro atoms. The number of methoxy groups -OCH3 is 1. The third-order valence-corrected chi connectivity index (χ3v) is 2.03. The lowest BCUT2D eigenvalue weighted by molar-refractivity contribution is -0.398. The number of allylic oxidation sites excluding steroid dienone is 1. The molecule has 0 aliphatic rings. The van der Waals surface area contributed by atoms with Crippen molar-refractivity contribution < 1.29 is 14.8 Å². The molecule has 0 saturated heterocycles. The topological polar surface area (TPSA) is 123 Å². The first-order valence-electron chi connectivity index (χ1n) is 4.58. The molecule has 0 aromatic heterocycles. The molecular weight excluding hydrogens is 238 g/mol. The summed E-state index contributed by atoms with van der Waals surface area (Å²) in [5, 5.41) is 39.3. The Kier molecular flexibility index (Phi) is 3.85. The second-order valence-electron chi connectivity index (χ2n) is 3.11. The van der Waals surface area contributed by atoms with E-state index in [0.717, 1.165) is 12.1 Å². The van der Waals surface area contributed by atoms with Crippen LogP contribution in [-0.2, 0) is 0 Å². The largest absolute Gasteiger partial charge is 0.865 e. The van der Waals surface area contributed by atoms with E-state index in [1.807, 2.05) is 0 Å². The summed E-state index contributed by atoms with van der Waals surface area (Å²) in [5.74, 6) is -1.07. The fourth-order valence-electron chi connectivity index (χ4n) is 1.24. The normalized spacial score (nSPS) is 8.83. The highest BCUT2D eigenvalue weighted by atomic mass is 16.6. The summed E-state index contributed by atoms with van der Waals surface area (Å²) in [6, 6.07) is 5.44. The van der Waals surface area contributed by atoms with Gasteiger partial charge in [0.25, 0.3) is 5.69 Å². The zero-order valence-electron chi connectivity index (χ0n) is 9.21. The number of hydrogen-bond acceptors (Lipinski definition) is 6. The Morgan fingerprint density at radius 3 is 2.50 bits per heavy atom. The molecule has 0 atom stereocenters. The van der Waals surface area contributed by atoms with Crippen LogP contribution in [-0.4, -0.2) is 12.0 Å². The van der Waals surface area contributed by atoms with E-state index in [1.165, 1.54) is 13.2 Å². The van der Waals surface area contributed by atoms with E-state index in [0.29, 0.717) is 0 Å². The molecule has 90 valence electrons. The van der Waals surface area contributed by atoms with Crippen LogP contribution in [0.25, 0.3) is 6.08 Å². The highest BCUT2D eigenvalue weighted by molar-refractivity contribution is 5.68. The quantitative estimate of drug-likeness (QED) is 0.445. The molecule has 0 aliphatic heterocycles. The standard InChI is InChI=1S/C11H7N3O4/c1-18-10-4-7(2-8(5-12)6-13)3-9(11(10)15)14(16)17/h2-4,15H,1H3/p-1. The fraction of sp³-hybridized carbons (Fsp3) is 0.0909. The summed E-state index contributed by atoms with van der Waals surface area (Å²) in [5.41, 5.74) is -0.725. The number of hydrogen-bond donors (Lipinski definition) is 0. The summed E-state index contributed by atoms with van der Waals surface area (Å²) in [7, 11) is 1.20. The van der Waals surface area contributed by atoms with Crippen LogP contribution in [0.3, 0.4) is 0 Å².